The average Bonchev–Trinajstić information content (AvgIpc) is 3.00. The van der Waals surface area contributed by atoms with Gasteiger partial charge in [-0.3, -0.25) is 4.18 Å². The summed E-state index contributed by atoms with van der Waals surface area (Å²) in [5.74, 6) is -0.924. The molecule has 140 valence electrons. The number of aryl methyl sites for hydroxylation is 1. The standard InChI is InChI=1S/C16H22O8S/c1-9-4-6-10(7-5-9)25(19,20)21-8-11(17)12-13-14(15(18)22-12)24-16(2,3)23-13/h4-7,11-15,17-18H,8H2,1-3H3/t11-,12-,13+,14+,15+/m1/s1. The highest BCUT2D eigenvalue weighted by molar-refractivity contribution is 7.86. The number of hydrogen-bond donors (Lipinski definition) is 2. The number of ether oxygens (including phenoxy) is 3. The molecule has 2 fully saturated rings. The van der Waals surface area contributed by atoms with Crippen LogP contribution in [0, 0.1) is 6.92 Å². The summed E-state index contributed by atoms with van der Waals surface area (Å²) in [5.41, 5.74) is 0.916. The van der Waals surface area contributed by atoms with Gasteiger partial charge in [-0.1, -0.05) is 17.7 Å². The molecule has 5 atom stereocenters. The minimum atomic E-state index is -4.01. The van der Waals surface area contributed by atoms with E-state index in [0.29, 0.717) is 0 Å². The minimum Gasteiger partial charge on any atom is -0.388 e. The highest BCUT2D eigenvalue weighted by atomic mass is 32.2. The maximum absolute atomic E-state index is 12.2. The lowest BCUT2D eigenvalue weighted by Crippen LogP contribution is -2.41. The zero-order valence-electron chi connectivity index (χ0n) is 14.2. The summed E-state index contributed by atoms with van der Waals surface area (Å²) in [6.45, 7) is 4.67. The molecule has 0 amide bonds. The first-order valence-corrected chi connectivity index (χ1v) is 9.33. The average molecular weight is 374 g/mol. The molecule has 2 N–H and O–H groups in total. The van der Waals surface area contributed by atoms with E-state index in [1.807, 2.05) is 6.92 Å². The number of hydrogen-bond acceptors (Lipinski definition) is 8. The SMILES string of the molecule is Cc1ccc(S(=O)(=O)OC[C@@H](O)[C@H]2O[C@H](O)[C@H]3OC(C)(C)O[C@@H]23)cc1. The van der Waals surface area contributed by atoms with Gasteiger partial charge in [0.2, 0.25) is 0 Å². The van der Waals surface area contributed by atoms with E-state index in [9.17, 15) is 18.6 Å². The number of rotatable bonds is 5. The van der Waals surface area contributed by atoms with Gasteiger partial charge in [-0.2, -0.15) is 8.42 Å². The Hall–Kier alpha value is -1.07. The molecule has 2 saturated heterocycles. The lowest BCUT2D eigenvalue weighted by Gasteiger charge is -2.25. The molecule has 8 nitrogen and oxygen atoms in total. The molecule has 1 aromatic carbocycles. The highest BCUT2D eigenvalue weighted by Crippen LogP contribution is 2.39. The van der Waals surface area contributed by atoms with Crippen LogP contribution < -0.4 is 0 Å². The van der Waals surface area contributed by atoms with Crippen LogP contribution in [0.2, 0.25) is 0 Å². The van der Waals surface area contributed by atoms with Crippen molar-refractivity contribution in [3.05, 3.63) is 29.8 Å². The van der Waals surface area contributed by atoms with Crippen molar-refractivity contribution in [3.63, 3.8) is 0 Å². The molecule has 3 rings (SSSR count). The van der Waals surface area contributed by atoms with Crippen molar-refractivity contribution in [2.75, 3.05) is 6.61 Å². The second-order valence-corrected chi connectivity index (χ2v) is 8.29. The van der Waals surface area contributed by atoms with E-state index in [1.54, 1.807) is 26.0 Å². The second-order valence-electron chi connectivity index (χ2n) is 6.68. The zero-order valence-corrected chi connectivity index (χ0v) is 15.0. The maximum atomic E-state index is 12.2. The van der Waals surface area contributed by atoms with Gasteiger partial charge in [0.05, 0.1) is 11.5 Å². The van der Waals surface area contributed by atoms with Crippen LogP contribution in [-0.4, -0.2) is 61.7 Å². The Morgan fingerprint density at radius 1 is 1.20 bits per heavy atom. The topological polar surface area (TPSA) is 112 Å². The van der Waals surface area contributed by atoms with Crippen molar-refractivity contribution in [2.45, 2.75) is 62.2 Å². The summed E-state index contributed by atoms with van der Waals surface area (Å²) in [6.07, 6.45) is -5.01. The molecule has 0 radical (unpaired) electrons. The predicted molar refractivity (Wildman–Crippen MR) is 85.0 cm³/mol. The fourth-order valence-corrected chi connectivity index (χ4v) is 3.87. The number of fused-ring (bicyclic) bond motifs is 1. The fourth-order valence-electron chi connectivity index (χ4n) is 2.94. The van der Waals surface area contributed by atoms with Crippen molar-refractivity contribution < 1.29 is 37.0 Å². The van der Waals surface area contributed by atoms with Crippen LogP contribution in [0.4, 0.5) is 0 Å². The summed E-state index contributed by atoms with van der Waals surface area (Å²) < 4.78 is 45.7. The van der Waals surface area contributed by atoms with E-state index >= 15 is 0 Å². The molecule has 0 bridgehead atoms. The molecule has 2 aliphatic rings. The summed E-state index contributed by atoms with van der Waals surface area (Å²) in [7, 11) is -4.01. The molecule has 1 aromatic rings. The number of benzene rings is 1. The third kappa shape index (κ3) is 3.87. The molecule has 2 heterocycles. The van der Waals surface area contributed by atoms with Crippen LogP contribution >= 0.6 is 0 Å². The smallest absolute Gasteiger partial charge is 0.297 e. The van der Waals surface area contributed by atoms with Gasteiger partial charge in [-0.05, 0) is 32.9 Å². The third-order valence-electron chi connectivity index (χ3n) is 4.15. The Balaban J connectivity index is 1.64. The van der Waals surface area contributed by atoms with Crippen molar-refractivity contribution >= 4 is 10.1 Å². The summed E-state index contributed by atoms with van der Waals surface area (Å²) in [6, 6.07) is 6.16. The van der Waals surface area contributed by atoms with Crippen molar-refractivity contribution in [3.8, 4) is 0 Å². The Kier molecular flexibility index (Phi) is 4.93. The molecule has 9 heteroatoms. The van der Waals surface area contributed by atoms with E-state index in [-0.39, 0.29) is 4.90 Å². The van der Waals surface area contributed by atoms with Gasteiger partial charge in [0.1, 0.15) is 24.4 Å². The van der Waals surface area contributed by atoms with E-state index in [2.05, 4.69) is 0 Å². The molecule has 0 aromatic heterocycles. The van der Waals surface area contributed by atoms with E-state index in [4.69, 9.17) is 18.4 Å². The molecule has 0 aliphatic carbocycles. The van der Waals surface area contributed by atoms with Gasteiger partial charge >= 0.3 is 0 Å². The first-order valence-electron chi connectivity index (χ1n) is 7.92. The molecular weight excluding hydrogens is 352 g/mol. The van der Waals surface area contributed by atoms with Gasteiger partial charge in [0, 0.05) is 0 Å². The largest absolute Gasteiger partial charge is 0.388 e. The number of aliphatic hydroxyl groups is 2. The Morgan fingerprint density at radius 2 is 1.80 bits per heavy atom. The Labute approximate surface area is 146 Å². The van der Waals surface area contributed by atoms with Crippen LogP contribution in [0.15, 0.2) is 29.2 Å². The van der Waals surface area contributed by atoms with Crippen molar-refractivity contribution in [1.29, 1.82) is 0 Å². The molecule has 0 spiro atoms. The van der Waals surface area contributed by atoms with Gasteiger partial charge in [0.15, 0.2) is 12.1 Å². The quantitative estimate of drug-likeness (QED) is 0.708. The highest BCUT2D eigenvalue weighted by Gasteiger charge is 2.56. The van der Waals surface area contributed by atoms with Gasteiger partial charge in [-0.25, -0.2) is 0 Å². The van der Waals surface area contributed by atoms with Gasteiger partial charge in [-0.15, -0.1) is 0 Å². The van der Waals surface area contributed by atoms with Crippen LogP contribution in [-0.2, 0) is 28.5 Å². The maximum Gasteiger partial charge on any atom is 0.297 e. The van der Waals surface area contributed by atoms with E-state index in [0.717, 1.165) is 5.56 Å². The number of aliphatic hydroxyl groups excluding tert-OH is 2. The Morgan fingerprint density at radius 3 is 2.44 bits per heavy atom. The van der Waals surface area contributed by atoms with Crippen molar-refractivity contribution in [1.82, 2.24) is 0 Å². The first-order chi connectivity index (χ1) is 11.6. The minimum absolute atomic E-state index is 0.00265. The van der Waals surface area contributed by atoms with Crippen LogP contribution in [0.3, 0.4) is 0 Å². The first kappa shape index (κ1) is 18.7. The summed E-state index contributed by atoms with van der Waals surface area (Å²) in [4.78, 5) is -0.00265. The van der Waals surface area contributed by atoms with E-state index in [1.165, 1.54) is 12.1 Å². The molecular formula is C16H22O8S. The van der Waals surface area contributed by atoms with Crippen LogP contribution in [0.1, 0.15) is 19.4 Å². The van der Waals surface area contributed by atoms with Crippen LogP contribution in [0.5, 0.6) is 0 Å². The van der Waals surface area contributed by atoms with Gasteiger partial charge in [0.25, 0.3) is 10.1 Å². The van der Waals surface area contributed by atoms with Gasteiger partial charge < -0.3 is 24.4 Å². The fraction of sp³-hybridized carbons (Fsp3) is 0.625. The lowest BCUT2D eigenvalue weighted by molar-refractivity contribution is -0.231. The molecule has 25 heavy (non-hydrogen) atoms. The molecule has 2 aliphatic heterocycles. The Bertz CT molecular complexity index is 714. The van der Waals surface area contributed by atoms with E-state index < -0.39 is 53.2 Å². The van der Waals surface area contributed by atoms with Crippen LogP contribution in [0.25, 0.3) is 0 Å². The zero-order chi connectivity index (χ0) is 18.4. The molecule has 0 unspecified atom stereocenters. The predicted octanol–water partition coefficient (Wildman–Crippen LogP) is 0.299. The second kappa shape index (κ2) is 6.58. The summed E-state index contributed by atoms with van der Waals surface area (Å²) >= 11 is 0. The molecule has 0 saturated carbocycles. The normalized spacial score (nSPS) is 32.5. The summed E-state index contributed by atoms with van der Waals surface area (Å²) in [5, 5.41) is 20.2. The van der Waals surface area contributed by atoms with Crippen molar-refractivity contribution in [2.24, 2.45) is 0 Å². The monoisotopic (exact) mass is 374 g/mol. The third-order valence-corrected chi connectivity index (χ3v) is 5.44. The lowest BCUT2D eigenvalue weighted by atomic mass is 10.1.